The van der Waals surface area contributed by atoms with Crippen LogP contribution in [0.2, 0.25) is 0 Å². The molecule has 208 valence electrons. The molecule has 0 unspecified atom stereocenters. The number of hydrogen-bond donors (Lipinski definition) is 1. The lowest BCUT2D eigenvalue weighted by Gasteiger charge is -2.39. The Balaban J connectivity index is 1.10. The number of carbonyl (C=O) groups is 2. The summed E-state index contributed by atoms with van der Waals surface area (Å²) in [5, 5.41) is 3.22. The monoisotopic (exact) mass is 537 g/mol. The van der Waals surface area contributed by atoms with Crippen molar-refractivity contribution in [3.8, 4) is 11.5 Å². The molecule has 3 heterocycles. The van der Waals surface area contributed by atoms with Crippen molar-refractivity contribution in [3.63, 3.8) is 0 Å². The molecule has 40 heavy (non-hydrogen) atoms. The molecule has 1 fully saturated rings. The summed E-state index contributed by atoms with van der Waals surface area (Å²) in [6.07, 6.45) is 5.61. The molecule has 0 aromatic heterocycles. The number of nitrogens with one attached hydrogen (secondary N) is 1. The highest BCUT2D eigenvalue weighted by Gasteiger charge is 2.47. The normalized spacial score (nSPS) is 18.0. The molecule has 3 aromatic rings. The fourth-order valence-corrected chi connectivity index (χ4v) is 6.85. The minimum atomic E-state index is -0.765. The second-order valence-corrected chi connectivity index (χ2v) is 11.4. The van der Waals surface area contributed by atoms with Gasteiger partial charge in [0.25, 0.3) is 5.91 Å². The summed E-state index contributed by atoms with van der Waals surface area (Å²) in [6, 6.07) is 24.3. The lowest BCUT2D eigenvalue weighted by atomic mass is 9.68. The number of benzene rings is 3. The van der Waals surface area contributed by atoms with Crippen molar-refractivity contribution in [3.05, 3.63) is 95.1 Å². The highest BCUT2D eigenvalue weighted by molar-refractivity contribution is 5.98. The third kappa shape index (κ3) is 4.79. The molecular formula is C34H39N3O3. The van der Waals surface area contributed by atoms with E-state index in [-0.39, 0.29) is 11.8 Å². The summed E-state index contributed by atoms with van der Waals surface area (Å²) < 4.78 is 6.25. The Labute approximate surface area is 237 Å². The van der Waals surface area contributed by atoms with E-state index in [4.69, 9.17) is 4.74 Å². The van der Waals surface area contributed by atoms with E-state index in [2.05, 4.69) is 40.2 Å². The zero-order valence-electron chi connectivity index (χ0n) is 23.4. The minimum absolute atomic E-state index is 0.0645. The predicted molar refractivity (Wildman–Crippen MR) is 157 cm³/mol. The summed E-state index contributed by atoms with van der Waals surface area (Å²) in [4.78, 5) is 31.5. The first-order chi connectivity index (χ1) is 19.6. The number of amides is 2. The summed E-state index contributed by atoms with van der Waals surface area (Å²) in [5.41, 5.74) is 3.18. The Morgan fingerprint density at radius 2 is 1.57 bits per heavy atom. The molecule has 6 rings (SSSR count). The first-order valence-electron chi connectivity index (χ1n) is 14.9. The Morgan fingerprint density at radius 3 is 2.25 bits per heavy atom. The van der Waals surface area contributed by atoms with Gasteiger partial charge < -0.3 is 19.9 Å². The third-order valence-electron chi connectivity index (χ3n) is 8.96. The molecular weight excluding hydrogens is 498 g/mol. The second-order valence-electron chi connectivity index (χ2n) is 11.4. The average molecular weight is 538 g/mol. The lowest BCUT2D eigenvalue weighted by molar-refractivity contribution is -0.125. The van der Waals surface area contributed by atoms with Crippen LogP contribution in [0.5, 0.6) is 11.5 Å². The first kappa shape index (κ1) is 26.6. The van der Waals surface area contributed by atoms with E-state index in [1.165, 1.54) is 0 Å². The van der Waals surface area contributed by atoms with Crippen molar-refractivity contribution in [2.24, 2.45) is 0 Å². The Hall–Kier alpha value is -3.64. The first-order valence-corrected chi connectivity index (χ1v) is 14.9. The maximum absolute atomic E-state index is 14.0. The van der Waals surface area contributed by atoms with E-state index < -0.39 is 5.41 Å². The SMILES string of the molecule is CCCNC(=O)C1(CCCCN2CCC(N3Cc4ccccc4C3=O)CC2)c2ccccc2Oc2ccccc21. The molecule has 3 aromatic carbocycles. The van der Waals surface area contributed by atoms with Gasteiger partial charge in [-0.05, 0) is 62.4 Å². The molecule has 0 spiro atoms. The van der Waals surface area contributed by atoms with E-state index in [9.17, 15) is 9.59 Å². The zero-order chi connectivity index (χ0) is 27.5. The van der Waals surface area contributed by atoms with Crippen LogP contribution in [0.25, 0.3) is 0 Å². The molecule has 0 bridgehead atoms. The van der Waals surface area contributed by atoms with Crippen LogP contribution in [-0.2, 0) is 16.8 Å². The van der Waals surface area contributed by atoms with Gasteiger partial charge in [0, 0.05) is 48.9 Å². The molecule has 1 saturated heterocycles. The molecule has 0 saturated carbocycles. The van der Waals surface area contributed by atoms with Crippen molar-refractivity contribution in [2.75, 3.05) is 26.2 Å². The summed E-state index contributed by atoms with van der Waals surface area (Å²) in [7, 11) is 0. The van der Waals surface area contributed by atoms with Gasteiger partial charge in [-0.15, -0.1) is 0 Å². The van der Waals surface area contributed by atoms with E-state index in [1.807, 2.05) is 54.6 Å². The van der Waals surface area contributed by atoms with Crippen LogP contribution >= 0.6 is 0 Å². The van der Waals surface area contributed by atoms with Crippen LogP contribution in [0.1, 0.15) is 72.5 Å². The maximum atomic E-state index is 14.0. The summed E-state index contributed by atoms with van der Waals surface area (Å²) in [5.74, 6) is 1.80. The number of piperidine rings is 1. The van der Waals surface area contributed by atoms with E-state index in [0.717, 1.165) is 98.5 Å². The number of fused-ring (bicyclic) bond motifs is 3. The molecule has 0 atom stereocenters. The molecule has 1 N–H and O–H groups in total. The fourth-order valence-electron chi connectivity index (χ4n) is 6.85. The van der Waals surface area contributed by atoms with Gasteiger partial charge in [-0.1, -0.05) is 67.9 Å². The molecule has 2 amide bonds. The molecule has 3 aliphatic rings. The van der Waals surface area contributed by atoms with Crippen molar-refractivity contribution < 1.29 is 14.3 Å². The standard InChI is InChI=1S/C34H39N3O3/c1-2-20-35-33(39)34(28-13-5-7-15-30(28)40-31-16-8-6-14-29(31)34)19-9-10-21-36-22-17-26(18-23-36)37-24-25-11-3-4-12-27(25)32(37)38/h3-8,11-16,26H,2,9-10,17-24H2,1H3,(H,35,39). The smallest absolute Gasteiger partial charge is 0.254 e. The van der Waals surface area contributed by atoms with Crippen LogP contribution < -0.4 is 10.1 Å². The average Bonchev–Trinajstić information content (AvgIpc) is 3.34. The van der Waals surface area contributed by atoms with Crippen LogP contribution in [0.15, 0.2) is 72.8 Å². The van der Waals surface area contributed by atoms with Gasteiger partial charge in [-0.2, -0.15) is 0 Å². The van der Waals surface area contributed by atoms with Gasteiger partial charge in [0.05, 0.1) is 0 Å². The number of carbonyl (C=O) groups excluding carboxylic acids is 2. The Bertz CT molecular complexity index is 1330. The number of nitrogens with zero attached hydrogens (tertiary/aromatic N) is 2. The van der Waals surface area contributed by atoms with Gasteiger partial charge in [0.1, 0.15) is 16.9 Å². The summed E-state index contributed by atoms with van der Waals surface area (Å²) in [6.45, 7) is 6.51. The highest BCUT2D eigenvalue weighted by Crippen LogP contribution is 2.50. The zero-order valence-corrected chi connectivity index (χ0v) is 23.4. The molecule has 0 aliphatic carbocycles. The summed E-state index contributed by atoms with van der Waals surface area (Å²) >= 11 is 0. The Kier molecular flexibility index (Phi) is 7.61. The van der Waals surface area contributed by atoms with Gasteiger partial charge in [-0.25, -0.2) is 0 Å². The van der Waals surface area contributed by atoms with Gasteiger partial charge in [-0.3, -0.25) is 9.59 Å². The number of hydrogen-bond acceptors (Lipinski definition) is 4. The Morgan fingerprint density at radius 1 is 0.925 bits per heavy atom. The van der Waals surface area contributed by atoms with Crippen molar-refractivity contribution >= 4 is 11.8 Å². The number of unbranched alkanes of at least 4 members (excludes halogenated alkanes) is 1. The van der Waals surface area contributed by atoms with E-state index in [0.29, 0.717) is 12.6 Å². The number of ether oxygens (including phenoxy) is 1. The molecule has 6 heteroatoms. The molecule has 3 aliphatic heterocycles. The van der Waals surface area contributed by atoms with Gasteiger partial charge in [0.2, 0.25) is 5.91 Å². The van der Waals surface area contributed by atoms with Crippen LogP contribution in [0.3, 0.4) is 0 Å². The predicted octanol–water partition coefficient (Wildman–Crippen LogP) is 5.90. The van der Waals surface area contributed by atoms with Crippen LogP contribution in [-0.4, -0.2) is 53.8 Å². The lowest BCUT2D eigenvalue weighted by Crippen LogP contribution is -2.47. The van der Waals surface area contributed by atoms with E-state index in [1.54, 1.807) is 0 Å². The van der Waals surface area contributed by atoms with Crippen molar-refractivity contribution in [2.45, 2.75) is 63.5 Å². The topological polar surface area (TPSA) is 61.9 Å². The maximum Gasteiger partial charge on any atom is 0.254 e. The van der Waals surface area contributed by atoms with Gasteiger partial charge >= 0.3 is 0 Å². The third-order valence-corrected chi connectivity index (χ3v) is 8.96. The highest BCUT2D eigenvalue weighted by atomic mass is 16.5. The van der Waals surface area contributed by atoms with E-state index >= 15 is 0 Å². The quantitative estimate of drug-likeness (QED) is 0.346. The largest absolute Gasteiger partial charge is 0.457 e. The number of likely N-dealkylation sites (tertiary alicyclic amines) is 1. The second kappa shape index (κ2) is 11.5. The van der Waals surface area contributed by atoms with Crippen molar-refractivity contribution in [1.82, 2.24) is 15.1 Å². The van der Waals surface area contributed by atoms with Crippen molar-refractivity contribution in [1.29, 1.82) is 0 Å². The van der Waals surface area contributed by atoms with Crippen LogP contribution in [0, 0.1) is 0 Å². The fraction of sp³-hybridized carbons (Fsp3) is 0.412. The molecule has 0 radical (unpaired) electrons. The number of rotatable bonds is 9. The van der Waals surface area contributed by atoms with Gasteiger partial charge in [0.15, 0.2) is 0 Å². The van der Waals surface area contributed by atoms with Crippen LogP contribution in [0.4, 0.5) is 0 Å². The minimum Gasteiger partial charge on any atom is -0.457 e. The number of para-hydroxylation sites is 2. The molecule has 6 nitrogen and oxygen atoms in total.